The van der Waals surface area contributed by atoms with Crippen molar-refractivity contribution in [2.75, 3.05) is 26.2 Å². The van der Waals surface area contributed by atoms with Crippen LogP contribution in [0.3, 0.4) is 0 Å². The summed E-state index contributed by atoms with van der Waals surface area (Å²) in [5.74, 6) is 2.37. The lowest BCUT2D eigenvalue weighted by molar-refractivity contribution is -0.173. The largest absolute Gasteiger partial charge is 0.354 e. The van der Waals surface area contributed by atoms with Crippen molar-refractivity contribution in [3.8, 4) is 0 Å². The van der Waals surface area contributed by atoms with Gasteiger partial charge in [0.2, 0.25) is 0 Å². The van der Waals surface area contributed by atoms with Crippen molar-refractivity contribution in [1.29, 1.82) is 0 Å². The van der Waals surface area contributed by atoms with E-state index in [0.717, 1.165) is 37.7 Å². The van der Waals surface area contributed by atoms with Gasteiger partial charge in [0, 0.05) is 38.6 Å². The molecule has 1 N–H and O–H groups in total. The first-order chi connectivity index (χ1) is 12.1. The van der Waals surface area contributed by atoms with Crippen LogP contribution in [0.15, 0.2) is 12.4 Å². The molecule has 3 aliphatic rings. The number of carbonyl (C=O) groups excluding carboxylic acids is 1. The summed E-state index contributed by atoms with van der Waals surface area (Å²) in [6.45, 7) is 8.75. The minimum atomic E-state index is -0.421. The topological polar surface area (TPSA) is 59.4 Å². The summed E-state index contributed by atoms with van der Waals surface area (Å²) in [5.41, 5.74) is -0.401. The Bertz CT molecular complexity index is 615. The molecule has 1 saturated carbocycles. The standard InChI is InChI=1S/C19H30N4O2/c1-14(2)11-21-17(24)16-13-23-10-7-20-18(23)19(25-16)5-8-22(9-6-19)12-15-3-4-15/h7,10,14-16H,3-6,8-9,11-13H2,1-2H3,(H,21,24). The highest BCUT2D eigenvalue weighted by Crippen LogP contribution is 2.41. The van der Waals surface area contributed by atoms with E-state index < -0.39 is 11.7 Å². The number of carbonyl (C=O) groups is 1. The zero-order valence-corrected chi connectivity index (χ0v) is 15.4. The maximum Gasteiger partial charge on any atom is 0.251 e. The van der Waals surface area contributed by atoms with Gasteiger partial charge in [0.25, 0.3) is 5.91 Å². The SMILES string of the molecule is CC(C)CNC(=O)C1Cn2ccnc2C2(CCN(CC3CC3)CC2)O1. The van der Waals surface area contributed by atoms with Crippen LogP contribution in [0.4, 0.5) is 0 Å². The first-order valence-electron chi connectivity index (χ1n) is 9.75. The number of fused-ring (bicyclic) bond motifs is 2. The molecule has 1 aliphatic carbocycles. The number of aromatic nitrogens is 2. The fourth-order valence-electron chi connectivity index (χ4n) is 4.06. The lowest BCUT2D eigenvalue weighted by atomic mass is 9.88. The van der Waals surface area contributed by atoms with E-state index in [4.69, 9.17) is 4.74 Å². The highest BCUT2D eigenvalue weighted by atomic mass is 16.5. The molecule has 1 saturated heterocycles. The van der Waals surface area contributed by atoms with E-state index >= 15 is 0 Å². The molecule has 1 aromatic heterocycles. The number of rotatable bonds is 5. The van der Waals surface area contributed by atoms with Crippen LogP contribution >= 0.6 is 0 Å². The number of piperidine rings is 1. The monoisotopic (exact) mass is 346 g/mol. The van der Waals surface area contributed by atoms with E-state index in [1.54, 1.807) is 0 Å². The van der Waals surface area contributed by atoms with Gasteiger partial charge in [-0.3, -0.25) is 4.79 Å². The smallest absolute Gasteiger partial charge is 0.251 e. The van der Waals surface area contributed by atoms with Gasteiger partial charge in [-0.15, -0.1) is 0 Å². The van der Waals surface area contributed by atoms with Gasteiger partial charge in [-0.1, -0.05) is 13.8 Å². The summed E-state index contributed by atoms with van der Waals surface area (Å²) < 4.78 is 8.57. The van der Waals surface area contributed by atoms with Crippen molar-refractivity contribution in [1.82, 2.24) is 19.8 Å². The van der Waals surface area contributed by atoms with E-state index in [9.17, 15) is 4.79 Å². The number of amides is 1. The molecule has 138 valence electrons. The van der Waals surface area contributed by atoms with Crippen LogP contribution in [-0.4, -0.2) is 52.6 Å². The quantitative estimate of drug-likeness (QED) is 0.882. The molecule has 25 heavy (non-hydrogen) atoms. The van der Waals surface area contributed by atoms with Crippen LogP contribution < -0.4 is 5.32 Å². The minimum absolute atomic E-state index is 0.00725. The average molecular weight is 346 g/mol. The van der Waals surface area contributed by atoms with Crippen LogP contribution in [0, 0.1) is 11.8 Å². The van der Waals surface area contributed by atoms with E-state index in [0.29, 0.717) is 19.0 Å². The zero-order valence-electron chi connectivity index (χ0n) is 15.4. The Labute approximate surface area is 149 Å². The van der Waals surface area contributed by atoms with Crippen molar-refractivity contribution in [3.05, 3.63) is 18.2 Å². The Kier molecular flexibility index (Phi) is 4.58. The highest BCUT2D eigenvalue weighted by molar-refractivity contribution is 5.80. The predicted octanol–water partition coefficient (Wildman–Crippen LogP) is 1.76. The molecule has 0 bridgehead atoms. The van der Waals surface area contributed by atoms with E-state index in [1.807, 2.05) is 12.4 Å². The van der Waals surface area contributed by atoms with Gasteiger partial charge in [0.15, 0.2) is 6.10 Å². The Morgan fingerprint density at radius 1 is 1.40 bits per heavy atom. The Morgan fingerprint density at radius 3 is 2.84 bits per heavy atom. The van der Waals surface area contributed by atoms with Gasteiger partial charge < -0.3 is 19.5 Å². The van der Waals surface area contributed by atoms with Gasteiger partial charge in [-0.2, -0.15) is 0 Å². The Hall–Kier alpha value is -1.40. The molecular formula is C19H30N4O2. The van der Waals surface area contributed by atoms with Crippen LogP contribution in [0.2, 0.25) is 0 Å². The maximum atomic E-state index is 12.6. The van der Waals surface area contributed by atoms with E-state index in [-0.39, 0.29) is 5.91 Å². The lowest BCUT2D eigenvalue weighted by Gasteiger charge is -2.45. The third-order valence-electron chi connectivity index (χ3n) is 5.71. The summed E-state index contributed by atoms with van der Waals surface area (Å²) in [5, 5.41) is 3.03. The van der Waals surface area contributed by atoms with Crippen molar-refractivity contribution in [2.45, 2.75) is 57.8 Å². The van der Waals surface area contributed by atoms with Crippen molar-refractivity contribution in [3.63, 3.8) is 0 Å². The second kappa shape index (κ2) is 6.72. The number of nitrogens with zero attached hydrogens (tertiary/aromatic N) is 3. The summed E-state index contributed by atoms with van der Waals surface area (Å²) in [6, 6.07) is 0. The van der Waals surface area contributed by atoms with Crippen LogP contribution in [0.1, 0.15) is 45.4 Å². The Balaban J connectivity index is 1.46. The van der Waals surface area contributed by atoms with E-state index in [2.05, 4.69) is 33.6 Å². The Morgan fingerprint density at radius 2 is 2.16 bits per heavy atom. The second-order valence-corrected chi connectivity index (χ2v) is 8.39. The number of hydrogen-bond acceptors (Lipinski definition) is 4. The molecule has 1 amide bonds. The molecule has 0 radical (unpaired) electrons. The number of ether oxygens (including phenoxy) is 1. The lowest BCUT2D eigenvalue weighted by Crippen LogP contribution is -2.54. The number of likely N-dealkylation sites (tertiary alicyclic amines) is 1. The number of imidazole rings is 1. The molecule has 2 aliphatic heterocycles. The number of hydrogen-bond donors (Lipinski definition) is 1. The third kappa shape index (κ3) is 3.60. The van der Waals surface area contributed by atoms with Crippen molar-refractivity contribution in [2.24, 2.45) is 11.8 Å². The first kappa shape index (κ1) is 17.0. The van der Waals surface area contributed by atoms with E-state index in [1.165, 1.54) is 19.4 Å². The maximum absolute atomic E-state index is 12.6. The molecule has 6 heteroatoms. The molecule has 1 atom stereocenters. The molecule has 1 aromatic rings. The fourth-order valence-corrected chi connectivity index (χ4v) is 4.06. The van der Waals surface area contributed by atoms with Gasteiger partial charge in [-0.25, -0.2) is 4.98 Å². The molecule has 0 aromatic carbocycles. The van der Waals surface area contributed by atoms with Gasteiger partial charge in [-0.05, 0) is 37.5 Å². The minimum Gasteiger partial charge on any atom is -0.354 e. The van der Waals surface area contributed by atoms with Gasteiger partial charge >= 0.3 is 0 Å². The van der Waals surface area contributed by atoms with Crippen molar-refractivity contribution < 1.29 is 9.53 Å². The predicted molar refractivity (Wildman–Crippen MR) is 95.0 cm³/mol. The van der Waals surface area contributed by atoms with Crippen molar-refractivity contribution >= 4 is 5.91 Å². The molecule has 3 heterocycles. The number of nitrogens with one attached hydrogen (secondary N) is 1. The molecule has 1 spiro atoms. The normalized spacial score (nSPS) is 26.0. The first-order valence-corrected chi connectivity index (χ1v) is 9.75. The van der Waals surface area contributed by atoms with Crippen LogP contribution in [0.5, 0.6) is 0 Å². The second-order valence-electron chi connectivity index (χ2n) is 8.39. The summed E-state index contributed by atoms with van der Waals surface area (Å²) in [4.78, 5) is 19.7. The summed E-state index contributed by atoms with van der Waals surface area (Å²) in [7, 11) is 0. The van der Waals surface area contributed by atoms with Gasteiger partial charge in [0.05, 0.1) is 6.54 Å². The summed E-state index contributed by atoms with van der Waals surface area (Å²) >= 11 is 0. The zero-order chi connectivity index (χ0) is 17.4. The molecule has 4 rings (SSSR count). The molecule has 1 unspecified atom stereocenters. The fraction of sp³-hybridized carbons (Fsp3) is 0.789. The van der Waals surface area contributed by atoms with Gasteiger partial charge in [0.1, 0.15) is 11.4 Å². The third-order valence-corrected chi connectivity index (χ3v) is 5.71. The average Bonchev–Trinajstić information content (AvgIpc) is 3.27. The highest BCUT2D eigenvalue weighted by Gasteiger charge is 2.47. The molecule has 6 nitrogen and oxygen atoms in total. The van der Waals surface area contributed by atoms with Crippen LogP contribution in [-0.2, 0) is 21.7 Å². The summed E-state index contributed by atoms with van der Waals surface area (Å²) in [6.07, 6.45) is 8.02. The van der Waals surface area contributed by atoms with Crippen LogP contribution in [0.25, 0.3) is 0 Å². The molecule has 2 fully saturated rings. The molecular weight excluding hydrogens is 316 g/mol.